The van der Waals surface area contributed by atoms with Gasteiger partial charge < -0.3 is 10.1 Å². The highest BCUT2D eigenvalue weighted by Gasteiger charge is 2.34. The van der Waals surface area contributed by atoms with Crippen LogP contribution in [0.4, 0.5) is 5.69 Å². The minimum Gasteiger partial charge on any atom is -0.465 e. The van der Waals surface area contributed by atoms with Gasteiger partial charge in [0, 0.05) is 6.54 Å². The largest absolute Gasteiger partial charge is 0.465 e. The normalized spacial score (nSPS) is 16.8. The Hall–Kier alpha value is -1.31. The number of nitrogens with one attached hydrogen (secondary N) is 1. The Kier molecular flexibility index (Phi) is 3.94. The van der Waals surface area contributed by atoms with Gasteiger partial charge >= 0.3 is 5.97 Å². The van der Waals surface area contributed by atoms with Crippen LogP contribution in [0, 0.1) is 5.41 Å². The molecule has 0 amide bonds. The molecule has 1 aromatic rings. The van der Waals surface area contributed by atoms with Crippen molar-refractivity contribution in [1.29, 1.82) is 0 Å². The summed E-state index contributed by atoms with van der Waals surface area (Å²) in [6.07, 6.45) is 0.433. The van der Waals surface area contributed by atoms with Crippen LogP contribution < -0.4 is 5.32 Å². The van der Waals surface area contributed by atoms with Crippen LogP contribution in [-0.2, 0) is 21.3 Å². The number of rotatable bonds is 2. The summed E-state index contributed by atoms with van der Waals surface area (Å²) in [4.78, 5) is 11.6. The predicted molar refractivity (Wildman–Crippen MR) is 78.6 cm³/mol. The molecule has 116 valence electrons. The summed E-state index contributed by atoms with van der Waals surface area (Å²) in [5, 5.41) is 2.91. The summed E-state index contributed by atoms with van der Waals surface area (Å²) in [6, 6.07) is 1.06. The van der Waals surface area contributed by atoms with E-state index in [1.807, 2.05) is 13.8 Å². The lowest BCUT2D eigenvalue weighted by atomic mass is 9.80. The molecule has 0 fully saturated rings. The Morgan fingerprint density at radius 2 is 2.10 bits per heavy atom. The van der Waals surface area contributed by atoms with Crippen molar-refractivity contribution in [2.75, 3.05) is 19.0 Å². The Morgan fingerprint density at radius 3 is 2.62 bits per heavy atom. The molecular weight excluding hydrogens is 318 g/mol. The number of halogens is 1. The highest BCUT2D eigenvalue weighted by Crippen LogP contribution is 2.41. The number of carbonyl (C=O) groups excluding carboxylic acids is 1. The maximum Gasteiger partial charge on any atom is 0.339 e. The lowest BCUT2D eigenvalue weighted by Crippen LogP contribution is -2.33. The zero-order valence-electron chi connectivity index (χ0n) is 11.9. The van der Waals surface area contributed by atoms with Crippen molar-refractivity contribution in [1.82, 2.24) is 0 Å². The van der Waals surface area contributed by atoms with Crippen molar-refractivity contribution >= 4 is 33.4 Å². The molecule has 0 unspecified atom stereocenters. The summed E-state index contributed by atoms with van der Waals surface area (Å²) in [5.74, 6) is -0.641. The van der Waals surface area contributed by atoms with Gasteiger partial charge in [0.25, 0.3) is 10.1 Å². The van der Waals surface area contributed by atoms with E-state index in [4.69, 9.17) is 16.3 Å². The van der Waals surface area contributed by atoms with Crippen molar-refractivity contribution in [2.45, 2.75) is 25.2 Å². The molecule has 21 heavy (non-hydrogen) atoms. The number of ether oxygens (including phenoxy) is 1. The monoisotopic (exact) mass is 333 g/mol. The van der Waals surface area contributed by atoms with Crippen molar-refractivity contribution in [3.8, 4) is 0 Å². The van der Waals surface area contributed by atoms with Gasteiger partial charge in [-0.05, 0) is 23.5 Å². The summed E-state index contributed by atoms with van der Waals surface area (Å²) >= 11 is 6.03. The molecule has 0 atom stereocenters. The number of esters is 1. The van der Waals surface area contributed by atoms with Gasteiger partial charge in [-0.2, -0.15) is 8.42 Å². The topological polar surface area (TPSA) is 92.7 Å². The van der Waals surface area contributed by atoms with Crippen LogP contribution >= 0.6 is 11.6 Å². The molecule has 0 saturated carbocycles. The second-order valence-corrected chi connectivity index (χ2v) is 7.54. The van der Waals surface area contributed by atoms with E-state index >= 15 is 0 Å². The van der Waals surface area contributed by atoms with Gasteiger partial charge in [0.1, 0.15) is 4.90 Å². The van der Waals surface area contributed by atoms with Crippen LogP contribution in [0.3, 0.4) is 0 Å². The fourth-order valence-corrected chi connectivity index (χ4v) is 3.53. The van der Waals surface area contributed by atoms with Crippen LogP contribution in [0.25, 0.3) is 0 Å². The van der Waals surface area contributed by atoms with E-state index in [0.29, 0.717) is 18.5 Å². The molecule has 0 radical (unpaired) electrons. The van der Waals surface area contributed by atoms with Crippen molar-refractivity contribution in [3.63, 3.8) is 0 Å². The average molecular weight is 334 g/mol. The third-order valence-electron chi connectivity index (χ3n) is 3.41. The van der Waals surface area contributed by atoms with Crippen molar-refractivity contribution in [2.24, 2.45) is 5.41 Å². The molecule has 0 bridgehead atoms. The fraction of sp³-hybridized carbons (Fsp3) is 0.462. The first-order valence-corrected chi connectivity index (χ1v) is 8.04. The summed E-state index contributed by atoms with van der Waals surface area (Å²) < 4.78 is 37.1. The summed E-state index contributed by atoms with van der Waals surface area (Å²) in [7, 11) is -3.23. The predicted octanol–water partition coefficient (Wildman–Crippen LogP) is 2.37. The van der Waals surface area contributed by atoms with Gasteiger partial charge in [0.05, 0.1) is 23.4 Å². The minimum absolute atomic E-state index is 0.0623. The number of hydrogen-bond acceptors (Lipinski definition) is 5. The third-order valence-corrected chi connectivity index (χ3v) is 4.59. The number of benzene rings is 1. The van der Waals surface area contributed by atoms with Gasteiger partial charge in [-0.25, -0.2) is 4.79 Å². The highest BCUT2D eigenvalue weighted by molar-refractivity contribution is 7.86. The molecule has 1 aliphatic rings. The molecular formula is C13H16ClNO5S. The van der Waals surface area contributed by atoms with E-state index < -0.39 is 16.1 Å². The minimum atomic E-state index is -4.45. The molecule has 0 aliphatic carbocycles. The number of methoxy groups -OCH3 is 1. The molecule has 0 spiro atoms. The van der Waals surface area contributed by atoms with Gasteiger partial charge in [-0.3, -0.25) is 4.55 Å². The second-order valence-electron chi connectivity index (χ2n) is 5.75. The zero-order chi connectivity index (χ0) is 16.0. The zero-order valence-corrected chi connectivity index (χ0v) is 13.4. The SMILES string of the molecule is COC(=O)c1c(Cl)cc(S(=O)(=O)O)c2c1CC(C)(C)CN2. The Labute approximate surface area is 128 Å². The first kappa shape index (κ1) is 16.1. The quantitative estimate of drug-likeness (QED) is 0.637. The maximum atomic E-state index is 11.9. The van der Waals surface area contributed by atoms with E-state index in [9.17, 15) is 17.8 Å². The summed E-state index contributed by atoms with van der Waals surface area (Å²) in [5.41, 5.74) is 0.582. The smallest absolute Gasteiger partial charge is 0.339 e. The molecule has 1 aliphatic heterocycles. The van der Waals surface area contributed by atoms with E-state index in [1.165, 1.54) is 7.11 Å². The maximum absolute atomic E-state index is 11.9. The standard InChI is InChI=1S/C13H16ClNO5S/c1-13(2)5-7-10(12(16)20-3)8(14)4-9(21(17,18)19)11(7)15-6-13/h4,15H,5-6H2,1-3H3,(H,17,18,19). The van der Waals surface area contributed by atoms with Crippen molar-refractivity contribution in [3.05, 3.63) is 22.2 Å². The van der Waals surface area contributed by atoms with Crippen LogP contribution in [0.5, 0.6) is 0 Å². The Morgan fingerprint density at radius 1 is 1.48 bits per heavy atom. The first-order chi connectivity index (χ1) is 9.57. The van der Waals surface area contributed by atoms with Crippen molar-refractivity contribution < 1.29 is 22.5 Å². The van der Waals surface area contributed by atoms with Gasteiger partial charge in [-0.1, -0.05) is 25.4 Å². The number of anilines is 1. The fourth-order valence-electron chi connectivity index (χ4n) is 2.44. The summed E-state index contributed by atoms with van der Waals surface area (Å²) in [6.45, 7) is 4.45. The molecule has 8 heteroatoms. The molecule has 6 nitrogen and oxygen atoms in total. The van der Waals surface area contributed by atoms with E-state index in [2.05, 4.69) is 5.32 Å². The second kappa shape index (κ2) is 5.15. The first-order valence-electron chi connectivity index (χ1n) is 6.22. The number of carbonyl (C=O) groups is 1. The molecule has 0 aromatic heterocycles. The average Bonchev–Trinajstić information content (AvgIpc) is 2.34. The molecule has 1 aromatic carbocycles. The van der Waals surface area contributed by atoms with Crippen LogP contribution in [0.2, 0.25) is 5.02 Å². The Balaban J connectivity index is 2.80. The van der Waals surface area contributed by atoms with E-state index in [0.717, 1.165) is 6.07 Å². The molecule has 0 saturated heterocycles. The third kappa shape index (κ3) is 3.00. The van der Waals surface area contributed by atoms with Gasteiger partial charge in [0.15, 0.2) is 0 Å². The van der Waals surface area contributed by atoms with Gasteiger partial charge in [0.2, 0.25) is 0 Å². The van der Waals surface area contributed by atoms with E-state index in [-0.39, 0.29) is 26.6 Å². The Bertz CT molecular complexity index is 712. The highest BCUT2D eigenvalue weighted by atomic mass is 35.5. The van der Waals surface area contributed by atoms with Crippen LogP contribution in [-0.4, -0.2) is 32.6 Å². The molecule has 1 heterocycles. The van der Waals surface area contributed by atoms with E-state index in [1.54, 1.807) is 0 Å². The lowest BCUT2D eigenvalue weighted by Gasteiger charge is -2.34. The number of fused-ring (bicyclic) bond motifs is 1. The lowest BCUT2D eigenvalue weighted by molar-refractivity contribution is 0.0599. The van der Waals surface area contributed by atoms with Crippen LogP contribution in [0.1, 0.15) is 29.8 Å². The molecule has 2 rings (SSSR count). The van der Waals surface area contributed by atoms with Gasteiger partial charge in [-0.15, -0.1) is 0 Å². The number of hydrogen-bond donors (Lipinski definition) is 2. The molecule has 2 N–H and O–H groups in total. The van der Waals surface area contributed by atoms with Crippen LogP contribution in [0.15, 0.2) is 11.0 Å².